The molecular weight excluding hydrogens is 224 g/mol. The number of nitrogens with zero attached hydrogens (tertiary/aromatic N) is 3. The number of benzene rings is 1. The summed E-state index contributed by atoms with van der Waals surface area (Å²) in [5, 5.41) is 11.4. The summed E-state index contributed by atoms with van der Waals surface area (Å²) in [4.78, 5) is 0. The highest BCUT2D eigenvalue weighted by Gasteiger charge is 2.20. The highest BCUT2D eigenvalue weighted by atomic mass is 15.4. The SMILES string of the molecule is c1ccc2c(c1)CCC2NCCCn1ccnn1. The number of rotatable bonds is 5. The van der Waals surface area contributed by atoms with Crippen molar-refractivity contribution in [3.05, 3.63) is 47.8 Å². The van der Waals surface area contributed by atoms with Crippen LogP contribution in [-0.4, -0.2) is 21.5 Å². The smallest absolute Gasteiger partial charge is 0.0692 e. The Morgan fingerprint density at radius 2 is 2.28 bits per heavy atom. The maximum atomic E-state index is 3.96. The lowest BCUT2D eigenvalue weighted by atomic mass is 10.1. The van der Waals surface area contributed by atoms with Crippen LogP contribution in [0.5, 0.6) is 0 Å². The zero-order chi connectivity index (χ0) is 12.2. The van der Waals surface area contributed by atoms with Gasteiger partial charge < -0.3 is 5.32 Å². The van der Waals surface area contributed by atoms with Gasteiger partial charge in [-0.2, -0.15) is 0 Å². The largest absolute Gasteiger partial charge is 0.310 e. The Balaban J connectivity index is 1.47. The quantitative estimate of drug-likeness (QED) is 0.815. The van der Waals surface area contributed by atoms with Crippen molar-refractivity contribution >= 4 is 0 Å². The highest BCUT2D eigenvalue weighted by molar-refractivity contribution is 5.34. The molecular formula is C14H18N4. The van der Waals surface area contributed by atoms with Crippen molar-refractivity contribution in [2.45, 2.75) is 31.8 Å². The number of fused-ring (bicyclic) bond motifs is 1. The van der Waals surface area contributed by atoms with E-state index in [0.29, 0.717) is 6.04 Å². The molecule has 94 valence electrons. The average molecular weight is 242 g/mol. The Labute approximate surface area is 107 Å². The summed E-state index contributed by atoms with van der Waals surface area (Å²) in [7, 11) is 0. The van der Waals surface area contributed by atoms with Crippen LogP contribution in [0.1, 0.15) is 30.0 Å². The molecule has 1 aromatic heterocycles. The first-order chi connectivity index (χ1) is 8.93. The van der Waals surface area contributed by atoms with Crippen molar-refractivity contribution < 1.29 is 0 Å². The fourth-order valence-electron chi connectivity index (χ4n) is 2.64. The number of aromatic nitrogens is 3. The molecule has 1 N–H and O–H groups in total. The van der Waals surface area contributed by atoms with Crippen molar-refractivity contribution in [3.63, 3.8) is 0 Å². The summed E-state index contributed by atoms with van der Waals surface area (Å²) in [6, 6.07) is 9.29. The number of nitrogens with one attached hydrogen (secondary N) is 1. The molecule has 1 aliphatic carbocycles. The first-order valence-electron chi connectivity index (χ1n) is 6.59. The molecule has 1 unspecified atom stereocenters. The Kier molecular flexibility index (Phi) is 3.37. The molecule has 1 aliphatic rings. The van der Waals surface area contributed by atoms with Gasteiger partial charge in [0.15, 0.2) is 0 Å². The van der Waals surface area contributed by atoms with Gasteiger partial charge in [0.25, 0.3) is 0 Å². The monoisotopic (exact) mass is 242 g/mol. The van der Waals surface area contributed by atoms with Crippen LogP contribution in [0.25, 0.3) is 0 Å². The average Bonchev–Trinajstić information content (AvgIpc) is 3.04. The predicted octanol–water partition coefficient (Wildman–Crippen LogP) is 1.95. The van der Waals surface area contributed by atoms with Crippen LogP contribution in [0.2, 0.25) is 0 Å². The maximum absolute atomic E-state index is 3.96. The van der Waals surface area contributed by atoms with Crippen LogP contribution in [0.15, 0.2) is 36.7 Å². The molecule has 2 aromatic rings. The lowest BCUT2D eigenvalue weighted by Gasteiger charge is -2.13. The molecule has 0 saturated carbocycles. The van der Waals surface area contributed by atoms with Gasteiger partial charge in [0.2, 0.25) is 0 Å². The summed E-state index contributed by atoms with van der Waals surface area (Å²) < 4.78 is 1.88. The molecule has 0 saturated heterocycles. The van der Waals surface area contributed by atoms with Crippen molar-refractivity contribution in [3.8, 4) is 0 Å². The normalized spacial score (nSPS) is 17.9. The van der Waals surface area contributed by atoms with Crippen molar-refractivity contribution in [1.82, 2.24) is 20.3 Å². The highest BCUT2D eigenvalue weighted by Crippen LogP contribution is 2.30. The van der Waals surface area contributed by atoms with Crippen LogP contribution >= 0.6 is 0 Å². The molecule has 4 nitrogen and oxygen atoms in total. The van der Waals surface area contributed by atoms with Crippen LogP contribution in [-0.2, 0) is 13.0 Å². The molecule has 0 fully saturated rings. The van der Waals surface area contributed by atoms with E-state index >= 15 is 0 Å². The Hall–Kier alpha value is -1.68. The summed E-state index contributed by atoms with van der Waals surface area (Å²) in [5.74, 6) is 0. The van der Waals surface area contributed by atoms with Gasteiger partial charge in [-0.05, 0) is 36.9 Å². The summed E-state index contributed by atoms with van der Waals surface area (Å²) in [6.07, 6.45) is 7.15. The van der Waals surface area contributed by atoms with Crippen molar-refractivity contribution in [1.29, 1.82) is 0 Å². The van der Waals surface area contributed by atoms with Gasteiger partial charge in [-0.1, -0.05) is 29.5 Å². The number of hydrogen-bond acceptors (Lipinski definition) is 3. The van der Waals surface area contributed by atoms with E-state index in [1.54, 1.807) is 6.20 Å². The molecule has 0 amide bonds. The van der Waals surface area contributed by atoms with E-state index < -0.39 is 0 Å². The second-order valence-electron chi connectivity index (χ2n) is 4.76. The Bertz CT molecular complexity index is 492. The molecule has 0 aliphatic heterocycles. The second-order valence-corrected chi connectivity index (χ2v) is 4.76. The summed E-state index contributed by atoms with van der Waals surface area (Å²) in [5.41, 5.74) is 2.99. The third-order valence-electron chi connectivity index (χ3n) is 3.56. The van der Waals surface area contributed by atoms with Gasteiger partial charge in [-0.15, -0.1) is 5.10 Å². The minimum atomic E-state index is 0.539. The molecule has 18 heavy (non-hydrogen) atoms. The van der Waals surface area contributed by atoms with Crippen LogP contribution < -0.4 is 5.32 Å². The van der Waals surface area contributed by atoms with E-state index in [1.165, 1.54) is 24.0 Å². The van der Waals surface area contributed by atoms with E-state index in [0.717, 1.165) is 19.5 Å². The molecule has 1 atom stereocenters. The summed E-state index contributed by atoms with van der Waals surface area (Å²) in [6.45, 7) is 1.96. The van der Waals surface area contributed by atoms with Crippen molar-refractivity contribution in [2.24, 2.45) is 0 Å². The minimum Gasteiger partial charge on any atom is -0.310 e. The summed E-state index contributed by atoms with van der Waals surface area (Å²) >= 11 is 0. The third-order valence-corrected chi connectivity index (χ3v) is 3.56. The Morgan fingerprint density at radius 1 is 1.33 bits per heavy atom. The molecule has 4 heteroatoms. The zero-order valence-electron chi connectivity index (χ0n) is 10.4. The third kappa shape index (κ3) is 2.43. The van der Waals surface area contributed by atoms with Gasteiger partial charge >= 0.3 is 0 Å². The zero-order valence-corrected chi connectivity index (χ0v) is 10.4. The van der Waals surface area contributed by atoms with E-state index in [1.807, 2.05) is 10.9 Å². The van der Waals surface area contributed by atoms with Crippen LogP contribution in [0.3, 0.4) is 0 Å². The lowest BCUT2D eigenvalue weighted by molar-refractivity contribution is 0.481. The first kappa shape index (κ1) is 11.4. The lowest BCUT2D eigenvalue weighted by Crippen LogP contribution is -2.21. The number of hydrogen-bond donors (Lipinski definition) is 1. The van der Waals surface area contributed by atoms with Gasteiger partial charge in [-0.25, -0.2) is 0 Å². The van der Waals surface area contributed by atoms with Gasteiger partial charge in [-0.3, -0.25) is 4.68 Å². The van der Waals surface area contributed by atoms with Crippen LogP contribution in [0, 0.1) is 0 Å². The second kappa shape index (κ2) is 5.31. The minimum absolute atomic E-state index is 0.539. The van der Waals surface area contributed by atoms with E-state index in [9.17, 15) is 0 Å². The number of aryl methyl sites for hydroxylation is 2. The van der Waals surface area contributed by atoms with E-state index in [-0.39, 0.29) is 0 Å². The van der Waals surface area contributed by atoms with E-state index in [4.69, 9.17) is 0 Å². The fourth-order valence-corrected chi connectivity index (χ4v) is 2.64. The van der Waals surface area contributed by atoms with Gasteiger partial charge in [0, 0.05) is 18.8 Å². The fraction of sp³-hybridized carbons (Fsp3) is 0.429. The molecule has 0 spiro atoms. The maximum Gasteiger partial charge on any atom is 0.0692 e. The van der Waals surface area contributed by atoms with Crippen molar-refractivity contribution in [2.75, 3.05) is 6.54 Å². The standard InChI is InChI=1S/C14H18N4/c1-2-5-13-12(4-1)6-7-14(13)15-8-3-10-18-11-9-16-17-18/h1-2,4-5,9,11,14-15H,3,6-8,10H2. The molecule has 0 radical (unpaired) electrons. The van der Waals surface area contributed by atoms with E-state index in [2.05, 4.69) is 39.9 Å². The first-order valence-corrected chi connectivity index (χ1v) is 6.59. The predicted molar refractivity (Wildman–Crippen MR) is 70.1 cm³/mol. The topological polar surface area (TPSA) is 42.7 Å². The molecule has 3 rings (SSSR count). The molecule has 0 bridgehead atoms. The van der Waals surface area contributed by atoms with Gasteiger partial charge in [0.1, 0.15) is 0 Å². The molecule has 1 aromatic carbocycles. The molecule has 1 heterocycles. The van der Waals surface area contributed by atoms with Gasteiger partial charge in [0.05, 0.1) is 6.20 Å². The Morgan fingerprint density at radius 3 is 3.17 bits per heavy atom. The van der Waals surface area contributed by atoms with Crippen LogP contribution in [0.4, 0.5) is 0 Å².